The van der Waals surface area contributed by atoms with Crippen LogP contribution < -0.4 is 4.90 Å². The van der Waals surface area contributed by atoms with E-state index in [0.717, 1.165) is 25.2 Å². The summed E-state index contributed by atoms with van der Waals surface area (Å²) in [7, 11) is 0. The molecule has 0 aliphatic carbocycles. The summed E-state index contributed by atoms with van der Waals surface area (Å²) < 4.78 is 0. The Kier molecular flexibility index (Phi) is 1.99. The summed E-state index contributed by atoms with van der Waals surface area (Å²) in [5.74, 6) is 0.939. The van der Waals surface area contributed by atoms with Crippen molar-refractivity contribution in [2.45, 2.75) is 18.9 Å². The van der Waals surface area contributed by atoms with Gasteiger partial charge in [-0.1, -0.05) is 0 Å². The van der Waals surface area contributed by atoms with Crippen molar-refractivity contribution in [3.63, 3.8) is 0 Å². The Morgan fingerprint density at radius 2 is 2.58 bits per heavy atom. The van der Waals surface area contributed by atoms with Gasteiger partial charge < -0.3 is 10.0 Å². The molecule has 0 amide bonds. The van der Waals surface area contributed by atoms with Gasteiger partial charge in [0.25, 0.3) is 0 Å². The van der Waals surface area contributed by atoms with Crippen LogP contribution in [0.4, 0.5) is 5.82 Å². The summed E-state index contributed by atoms with van der Waals surface area (Å²) in [6.45, 7) is 1.72. The molecule has 0 aromatic carbocycles. The fourth-order valence-corrected chi connectivity index (χ4v) is 1.59. The van der Waals surface area contributed by atoms with Gasteiger partial charge in [-0.3, -0.25) is 5.10 Å². The molecule has 1 aromatic heterocycles. The Morgan fingerprint density at radius 1 is 1.67 bits per heavy atom. The number of β-amino-alcohol motifs (C(OH)–C–C–N with tert-alkyl or cyclic N) is 1. The van der Waals surface area contributed by atoms with Crippen LogP contribution in [0, 0.1) is 0 Å². The number of aliphatic hydroxyl groups is 1. The predicted octanol–water partition coefficient (Wildman–Crippen LogP) is 0.371. The molecule has 2 N–H and O–H groups in total. The van der Waals surface area contributed by atoms with Gasteiger partial charge in [-0.15, -0.1) is 0 Å². The predicted molar refractivity (Wildman–Crippen MR) is 46.0 cm³/mol. The normalized spacial score (nSPS) is 24.4. The quantitative estimate of drug-likeness (QED) is 0.635. The van der Waals surface area contributed by atoms with Gasteiger partial charge >= 0.3 is 0 Å². The van der Waals surface area contributed by atoms with E-state index in [1.54, 1.807) is 6.20 Å². The molecule has 1 fully saturated rings. The first-order chi connectivity index (χ1) is 5.86. The van der Waals surface area contributed by atoms with Crippen LogP contribution in [0.1, 0.15) is 12.8 Å². The van der Waals surface area contributed by atoms with Gasteiger partial charge in [-0.2, -0.15) is 5.10 Å². The first-order valence-corrected chi connectivity index (χ1v) is 4.29. The molecular formula is C8H13N3O. The number of anilines is 1. The van der Waals surface area contributed by atoms with Crippen LogP contribution in [-0.2, 0) is 0 Å². The highest BCUT2D eigenvalue weighted by molar-refractivity contribution is 5.37. The van der Waals surface area contributed by atoms with E-state index < -0.39 is 0 Å². The lowest BCUT2D eigenvalue weighted by atomic mass is 10.1. The molecule has 2 heterocycles. The summed E-state index contributed by atoms with van der Waals surface area (Å²) >= 11 is 0. The third kappa shape index (κ3) is 1.43. The van der Waals surface area contributed by atoms with Crippen molar-refractivity contribution >= 4 is 5.82 Å². The van der Waals surface area contributed by atoms with Crippen molar-refractivity contribution < 1.29 is 5.11 Å². The topological polar surface area (TPSA) is 52.1 Å². The Morgan fingerprint density at radius 3 is 3.25 bits per heavy atom. The molecule has 2 rings (SSSR count). The maximum absolute atomic E-state index is 9.40. The molecule has 0 radical (unpaired) electrons. The van der Waals surface area contributed by atoms with Crippen LogP contribution in [0.2, 0.25) is 0 Å². The molecule has 1 saturated heterocycles. The molecule has 0 saturated carbocycles. The molecule has 1 atom stereocenters. The number of piperidine rings is 1. The maximum atomic E-state index is 9.40. The maximum Gasteiger partial charge on any atom is 0.150 e. The smallest absolute Gasteiger partial charge is 0.150 e. The van der Waals surface area contributed by atoms with E-state index in [1.165, 1.54) is 0 Å². The fourth-order valence-electron chi connectivity index (χ4n) is 1.59. The molecule has 1 aliphatic heterocycles. The first kappa shape index (κ1) is 7.61. The molecule has 12 heavy (non-hydrogen) atoms. The monoisotopic (exact) mass is 167 g/mol. The van der Waals surface area contributed by atoms with Crippen molar-refractivity contribution in [1.29, 1.82) is 0 Å². The number of nitrogens with one attached hydrogen (secondary N) is 1. The van der Waals surface area contributed by atoms with Crippen LogP contribution in [0.25, 0.3) is 0 Å². The number of hydrogen-bond donors (Lipinski definition) is 2. The number of aromatic amines is 1. The first-order valence-electron chi connectivity index (χ1n) is 4.29. The van der Waals surface area contributed by atoms with E-state index in [9.17, 15) is 5.11 Å². The molecule has 0 spiro atoms. The SMILES string of the molecule is OC1CCCN(c2cc[nH]n2)C1. The second-order valence-electron chi connectivity index (χ2n) is 3.17. The molecule has 1 unspecified atom stereocenters. The summed E-state index contributed by atoms with van der Waals surface area (Å²) in [6, 6.07) is 1.93. The summed E-state index contributed by atoms with van der Waals surface area (Å²) in [5, 5.41) is 16.2. The number of hydrogen-bond acceptors (Lipinski definition) is 3. The number of aromatic nitrogens is 2. The molecular weight excluding hydrogens is 154 g/mol. The van der Waals surface area contributed by atoms with E-state index in [2.05, 4.69) is 15.1 Å². The Hall–Kier alpha value is -1.03. The Balaban J connectivity index is 2.04. The van der Waals surface area contributed by atoms with Crippen LogP contribution in [0.3, 0.4) is 0 Å². The van der Waals surface area contributed by atoms with Gasteiger partial charge in [0.15, 0.2) is 0 Å². The number of nitrogens with zero attached hydrogens (tertiary/aromatic N) is 2. The average molecular weight is 167 g/mol. The van der Waals surface area contributed by atoms with Gasteiger partial charge in [0.05, 0.1) is 6.10 Å². The molecule has 4 nitrogen and oxygen atoms in total. The largest absolute Gasteiger partial charge is 0.391 e. The average Bonchev–Trinajstić information content (AvgIpc) is 2.56. The van der Waals surface area contributed by atoms with Crippen LogP contribution >= 0.6 is 0 Å². The van der Waals surface area contributed by atoms with Gasteiger partial charge in [0.1, 0.15) is 5.82 Å². The zero-order valence-electron chi connectivity index (χ0n) is 6.90. The summed E-state index contributed by atoms with van der Waals surface area (Å²) in [6.07, 6.45) is 3.58. The second kappa shape index (κ2) is 3.15. The van der Waals surface area contributed by atoms with Crippen LogP contribution in [0.5, 0.6) is 0 Å². The minimum Gasteiger partial charge on any atom is -0.391 e. The number of aliphatic hydroxyl groups excluding tert-OH is 1. The minimum absolute atomic E-state index is 0.185. The summed E-state index contributed by atoms with van der Waals surface area (Å²) in [5.41, 5.74) is 0. The zero-order valence-corrected chi connectivity index (χ0v) is 6.90. The fraction of sp³-hybridized carbons (Fsp3) is 0.625. The highest BCUT2D eigenvalue weighted by Gasteiger charge is 2.18. The highest BCUT2D eigenvalue weighted by atomic mass is 16.3. The van der Waals surface area contributed by atoms with Gasteiger partial charge in [0.2, 0.25) is 0 Å². The molecule has 4 heteroatoms. The second-order valence-corrected chi connectivity index (χ2v) is 3.17. The molecule has 1 aromatic rings. The van der Waals surface area contributed by atoms with Crippen molar-refractivity contribution in [1.82, 2.24) is 10.2 Å². The third-order valence-corrected chi connectivity index (χ3v) is 2.21. The van der Waals surface area contributed by atoms with Gasteiger partial charge in [-0.25, -0.2) is 0 Å². The summed E-state index contributed by atoms with van der Waals surface area (Å²) in [4.78, 5) is 2.10. The zero-order chi connectivity index (χ0) is 8.39. The lowest BCUT2D eigenvalue weighted by Gasteiger charge is -2.29. The van der Waals surface area contributed by atoms with Gasteiger partial charge in [0, 0.05) is 25.4 Å². The molecule has 1 aliphatic rings. The standard InChI is InChI=1S/C8H13N3O/c12-7-2-1-5-11(6-7)8-3-4-9-10-8/h3-4,7,12H,1-2,5-6H2,(H,9,10). The van der Waals surface area contributed by atoms with Crippen molar-refractivity contribution in [2.24, 2.45) is 0 Å². The Labute approximate surface area is 71.2 Å². The van der Waals surface area contributed by atoms with Crippen molar-refractivity contribution in [3.8, 4) is 0 Å². The lowest BCUT2D eigenvalue weighted by molar-refractivity contribution is 0.154. The number of H-pyrrole nitrogens is 1. The van der Waals surface area contributed by atoms with E-state index in [4.69, 9.17) is 0 Å². The van der Waals surface area contributed by atoms with E-state index >= 15 is 0 Å². The van der Waals surface area contributed by atoms with E-state index in [0.29, 0.717) is 6.54 Å². The highest BCUT2D eigenvalue weighted by Crippen LogP contribution is 2.16. The lowest BCUT2D eigenvalue weighted by Crippen LogP contribution is -2.38. The molecule has 66 valence electrons. The minimum atomic E-state index is -0.185. The van der Waals surface area contributed by atoms with E-state index in [-0.39, 0.29) is 6.10 Å². The van der Waals surface area contributed by atoms with Crippen LogP contribution in [0.15, 0.2) is 12.3 Å². The third-order valence-electron chi connectivity index (χ3n) is 2.21. The van der Waals surface area contributed by atoms with E-state index in [1.807, 2.05) is 6.07 Å². The van der Waals surface area contributed by atoms with Gasteiger partial charge in [-0.05, 0) is 12.8 Å². The Bertz CT molecular complexity index is 234. The molecule has 0 bridgehead atoms. The van der Waals surface area contributed by atoms with Crippen LogP contribution in [-0.4, -0.2) is 34.5 Å². The van der Waals surface area contributed by atoms with Crippen molar-refractivity contribution in [3.05, 3.63) is 12.3 Å². The number of rotatable bonds is 1. The van der Waals surface area contributed by atoms with Crippen molar-refractivity contribution in [2.75, 3.05) is 18.0 Å².